The predicted molar refractivity (Wildman–Crippen MR) is 163 cm³/mol. The summed E-state index contributed by atoms with van der Waals surface area (Å²) in [6.07, 6.45) is 3.22. The minimum Gasteiger partial charge on any atom is -0.351 e. The smallest absolute Gasteiger partial charge is 0.224 e. The predicted octanol–water partition coefficient (Wildman–Crippen LogP) is 6.89. The first kappa shape index (κ1) is 26.6. The lowest BCUT2D eigenvalue weighted by Crippen LogP contribution is -2.29. The van der Waals surface area contributed by atoms with E-state index in [0.717, 1.165) is 29.1 Å². The number of para-hydroxylation sites is 1. The van der Waals surface area contributed by atoms with Gasteiger partial charge in [0, 0.05) is 41.1 Å². The summed E-state index contributed by atoms with van der Waals surface area (Å²) in [4.78, 5) is 18.9. The number of hydrogen-bond acceptors (Lipinski definition) is 3. The Balaban J connectivity index is 1.65. The lowest BCUT2D eigenvalue weighted by atomic mass is 9.96. The van der Waals surface area contributed by atoms with E-state index in [1.54, 1.807) is 0 Å². The molecule has 3 heterocycles. The van der Waals surface area contributed by atoms with Crippen LogP contribution in [0.5, 0.6) is 0 Å². The fourth-order valence-electron chi connectivity index (χ4n) is 5.61. The van der Waals surface area contributed by atoms with E-state index in [4.69, 9.17) is 17.2 Å². The zero-order chi connectivity index (χ0) is 27.7. The number of rotatable bonds is 7. The second-order valence-corrected chi connectivity index (χ2v) is 10.4. The van der Waals surface area contributed by atoms with Crippen molar-refractivity contribution in [3.8, 4) is 5.69 Å². The molecule has 2 N–H and O–H groups in total. The van der Waals surface area contributed by atoms with E-state index < -0.39 is 0 Å². The summed E-state index contributed by atoms with van der Waals surface area (Å²) in [5.74, 6) is -0.00268. The summed E-state index contributed by atoms with van der Waals surface area (Å²) in [5, 5.41) is 7.22. The van der Waals surface area contributed by atoms with E-state index in [1.807, 2.05) is 44.3 Å². The number of aryl methyl sites for hydroxylation is 3. The van der Waals surface area contributed by atoms with Gasteiger partial charge in [0.15, 0.2) is 5.11 Å². The lowest BCUT2D eigenvalue weighted by Gasteiger charge is -2.29. The second kappa shape index (κ2) is 11.0. The Bertz CT molecular complexity index is 1530. The van der Waals surface area contributed by atoms with Gasteiger partial charge in [-0.25, -0.2) is 0 Å². The second-order valence-electron chi connectivity index (χ2n) is 10.0. The molecule has 1 fully saturated rings. The molecule has 200 valence electrons. The van der Waals surface area contributed by atoms with Crippen molar-refractivity contribution in [3.05, 3.63) is 107 Å². The number of pyridine rings is 1. The molecule has 39 heavy (non-hydrogen) atoms. The quantitative estimate of drug-likeness (QED) is 0.252. The third kappa shape index (κ3) is 4.94. The van der Waals surface area contributed by atoms with E-state index in [2.05, 4.69) is 83.3 Å². The molecule has 0 bridgehead atoms. The molecule has 1 amide bonds. The normalized spacial score (nSPS) is 16.8. The summed E-state index contributed by atoms with van der Waals surface area (Å²) in [6, 6.07) is 22.7. The summed E-state index contributed by atoms with van der Waals surface area (Å²) < 4.78 is 2.36. The number of thiocarbonyl (C=S) groups is 1. The van der Waals surface area contributed by atoms with E-state index in [0.29, 0.717) is 11.5 Å². The van der Waals surface area contributed by atoms with Crippen molar-refractivity contribution in [3.63, 3.8) is 0 Å². The Hall–Kier alpha value is -3.97. The standard InChI is InChI=1S/C32H35N5OS/c1-6-23-12-8-9-14-28(23)36-21(4)19-25(22(36)5)31-30(27-13-10-11-17-33-27)35-32(39)37(31)24-15-16-26(20(3)18-24)34-29(38)7-2/h8-19,30-31H,6-7H2,1-5H3,(H,34,38)(H,35,39)/t30-,31-/m0/s1. The van der Waals surface area contributed by atoms with Crippen LogP contribution in [-0.2, 0) is 11.2 Å². The summed E-state index contributed by atoms with van der Waals surface area (Å²) >= 11 is 5.97. The van der Waals surface area contributed by atoms with E-state index >= 15 is 0 Å². The highest BCUT2D eigenvalue weighted by Crippen LogP contribution is 2.44. The molecule has 1 aliphatic heterocycles. The first-order valence-corrected chi connectivity index (χ1v) is 13.9. The van der Waals surface area contributed by atoms with Crippen LogP contribution < -0.4 is 15.5 Å². The molecule has 2 aromatic carbocycles. The van der Waals surface area contributed by atoms with Gasteiger partial charge in [0.25, 0.3) is 0 Å². The van der Waals surface area contributed by atoms with Crippen molar-refractivity contribution in [2.45, 2.75) is 59.5 Å². The number of nitrogens with one attached hydrogen (secondary N) is 2. The fourth-order valence-corrected chi connectivity index (χ4v) is 5.96. The highest BCUT2D eigenvalue weighted by Gasteiger charge is 2.42. The number of anilines is 2. The lowest BCUT2D eigenvalue weighted by molar-refractivity contribution is -0.115. The van der Waals surface area contributed by atoms with Gasteiger partial charge < -0.3 is 20.1 Å². The first-order valence-electron chi connectivity index (χ1n) is 13.5. The topological polar surface area (TPSA) is 62.2 Å². The molecule has 0 spiro atoms. The average molecular weight is 538 g/mol. The molecule has 6 nitrogen and oxygen atoms in total. The van der Waals surface area contributed by atoms with Crippen molar-refractivity contribution in [2.75, 3.05) is 10.2 Å². The SMILES string of the molecule is CCC(=O)Nc1ccc(N2C(=S)N[C@@H](c3ccccn3)[C@@H]2c2cc(C)n(-c3ccccc3CC)c2C)cc1C. The van der Waals surface area contributed by atoms with Crippen LogP contribution >= 0.6 is 12.2 Å². The Morgan fingerprint density at radius 3 is 2.49 bits per heavy atom. The van der Waals surface area contributed by atoms with Gasteiger partial charge in [0.05, 0.1) is 17.8 Å². The van der Waals surface area contributed by atoms with Crippen molar-refractivity contribution < 1.29 is 4.79 Å². The summed E-state index contributed by atoms with van der Waals surface area (Å²) in [7, 11) is 0. The zero-order valence-corrected chi connectivity index (χ0v) is 24.0. The molecule has 2 aromatic heterocycles. The molecule has 0 aliphatic carbocycles. The highest BCUT2D eigenvalue weighted by atomic mass is 32.1. The highest BCUT2D eigenvalue weighted by molar-refractivity contribution is 7.80. The first-order chi connectivity index (χ1) is 18.8. The monoisotopic (exact) mass is 537 g/mol. The van der Waals surface area contributed by atoms with Gasteiger partial charge in [-0.2, -0.15) is 0 Å². The number of benzene rings is 2. The van der Waals surface area contributed by atoms with Gasteiger partial charge in [0.2, 0.25) is 5.91 Å². The number of amides is 1. The van der Waals surface area contributed by atoms with E-state index in [9.17, 15) is 4.79 Å². The van der Waals surface area contributed by atoms with Gasteiger partial charge in [-0.05, 0) is 98.6 Å². The van der Waals surface area contributed by atoms with Crippen LogP contribution in [0.1, 0.15) is 66.1 Å². The zero-order valence-electron chi connectivity index (χ0n) is 23.2. The van der Waals surface area contributed by atoms with Gasteiger partial charge in [-0.1, -0.05) is 38.1 Å². The van der Waals surface area contributed by atoms with Gasteiger partial charge in [0.1, 0.15) is 0 Å². The maximum atomic E-state index is 12.0. The number of hydrogen-bond donors (Lipinski definition) is 2. The minimum atomic E-state index is -0.131. The van der Waals surface area contributed by atoms with Crippen molar-refractivity contribution in [2.24, 2.45) is 0 Å². The van der Waals surface area contributed by atoms with Crippen molar-refractivity contribution >= 4 is 34.6 Å². The Kier molecular flexibility index (Phi) is 7.53. The Morgan fingerprint density at radius 1 is 1.03 bits per heavy atom. The maximum Gasteiger partial charge on any atom is 0.224 e. The molecule has 4 aromatic rings. The molecule has 7 heteroatoms. The van der Waals surface area contributed by atoms with Gasteiger partial charge >= 0.3 is 0 Å². The van der Waals surface area contributed by atoms with Crippen LogP contribution in [0.4, 0.5) is 11.4 Å². The molecule has 2 atom stereocenters. The molecular formula is C32H35N5OS. The average Bonchev–Trinajstić information content (AvgIpc) is 3.44. The van der Waals surface area contributed by atoms with Gasteiger partial charge in [-0.3, -0.25) is 9.78 Å². The van der Waals surface area contributed by atoms with Crippen LogP contribution in [0.25, 0.3) is 5.69 Å². The van der Waals surface area contributed by atoms with Crippen molar-refractivity contribution in [1.29, 1.82) is 0 Å². The van der Waals surface area contributed by atoms with Crippen LogP contribution in [0.2, 0.25) is 0 Å². The largest absolute Gasteiger partial charge is 0.351 e. The molecule has 1 aliphatic rings. The van der Waals surface area contributed by atoms with Crippen molar-refractivity contribution in [1.82, 2.24) is 14.9 Å². The minimum absolute atomic E-state index is 0.00268. The third-order valence-corrected chi connectivity index (χ3v) is 7.90. The van der Waals surface area contributed by atoms with Crippen LogP contribution in [0, 0.1) is 20.8 Å². The van der Waals surface area contributed by atoms with Gasteiger partial charge in [-0.15, -0.1) is 0 Å². The molecule has 0 radical (unpaired) electrons. The summed E-state index contributed by atoms with van der Waals surface area (Å²) in [6.45, 7) is 10.4. The third-order valence-electron chi connectivity index (χ3n) is 7.58. The number of nitrogens with zero attached hydrogens (tertiary/aromatic N) is 3. The molecule has 5 rings (SSSR count). The van der Waals surface area contributed by atoms with E-state index in [1.165, 1.54) is 28.2 Å². The Labute approximate surface area is 236 Å². The molecule has 0 unspecified atom stereocenters. The van der Waals surface area contributed by atoms with E-state index in [-0.39, 0.29) is 18.0 Å². The molecule has 0 saturated carbocycles. The molecular weight excluding hydrogens is 502 g/mol. The molecule has 1 saturated heterocycles. The van der Waals surface area contributed by atoms with Crippen LogP contribution in [-0.4, -0.2) is 20.6 Å². The number of carbonyl (C=O) groups excluding carboxylic acids is 1. The number of aromatic nitrogens is 2. The summed E-state index contributed by atoms with van der Waals surface area (Å²) in [5.41, 5.74) is 9.79. The fraction of sp³-hybridized carbons (Fsp3) is 0.281. The van der Waals surface area contributed by atoms with Crippen LogP contribution in [0.3, 0.4) is 0 Å². The van der Waals surface area contributed by atoms with Crippen LogP contribution in [0.15, 0.2) is 72.9 Å². The Morgan fingerprint density at radius 2 is 1.79 bits per heavy atom. The maximum absolute atomic E-state index is 12.0. The number of carbonyl (C=O) groups is 1.